The molecule has 5 nitrogen and oxygen atoms in total. The number of nitrogens with zero attached hydrogens (tertiary/aromatic N) is 3. The average Bonchev–Trinajstić information content (AvgIpc) is 3.13. The highest BCUT2D eigenvalue weighted by atomic mass is 32.1. The second-order valence-electron chi connectivity index (χ2n) is 4.70. The highest BCUT2D eigenvalue weighted by Crippen LogP contribution is 2.34. The smallest absolute Gasteiger partial charge is 0.310 e. The highest BCUT2D eigenvalue weighted by molar-refractivity contribution is 7.25. The van der Waals surface area contributed by atoms with E-state index in [1.165, 1.54) is 0 Å². The van der Waals surface area contributed by atoms with Crippen LogP contribution in [0.2, 0.25) is 0 Å². The van der Waals surface area contributed by atoms with Gasteiger partial charge in [0.1, 0.15) is 4.83 Å². The maximum atomic E-state index is 12.1. The largest absolute Gasteiger partial charge is 0.348 e. The maximum absolute atomic E-state index is 12.1. The van der Waals surface area contributed by atoms with Crippen molar-refractivity contribution in [3.63, 3.8) is 0 Å². The number of rotatable bonds is 0. The molecule has 0 fully saturated rings. The quantitative estimate of drug-likeness (QED) is 0.474. The van der Waals surface area contributed by atoms with Crippen molar-refractivity contribution in [1.29, 1.82) is 0 Å². The fourth-order valence-corrected chi connectivity index (χ4v) is 4.01. The number of H-pyrrole nitrogens is 1. The summed E-state index contributed by atoms with van der Waals surface area (Å²) in [5.41, 5.74) is 2.46. The minimum Gasteiger partial charge on any atom is -0.310 e. The van der Waals surface area contributed by atoms with Crippen LogP contribution in [0.1, 0.15) is 0 Å². The Morgan fingerprint density at radius 1 is 1.15 bits per heavy atom. The Morgan fingerprint density at radius 2 is 2.05 bits per heavy atom. The van der Waals surface area contributed by atoms with Gasteiger partial charge in [-0.1, -0.05) is 18.2 Å². The zero-order chi connectivity index (χ0) is 13.3. The standard InChI is InChI=1S/C14H8N4OS/c19-14-16-15-12-9-5-3-7-17(9)11-8-4-1-2-6-10(8)20-13(11)18(12)14/h1-7H,(H,16,19). The predicted octanol–water partition coefficient (Wildman–Crippen LogP) is 2.64. The molecule has 0 amide bonds. The van der Waals surface area contributed by atoms with E-state index in [0.29, 0.717) is 5.65 Å². The summed E-state index contributed by atoms with van der Waals surface area (Å²) in [6.45, 7) is 0. The molecule has 4 heterocycles. The summed E-state index contributed by atoms with van der Waals surface area (Å²) in [7, 11) is 0. The van der Waals surface area contributed by atoms with Crippen LogP contribution in [-0.2, 0) is 0 Å². The van der Waals surface area contributed by atoms with Gasteiger partial charge in [0.05, 0.1) is 11.0 Å². The van der Waals surface area contributed by atoms with E-state index >= 15 is 0 Å². The van der Waals surface area contributed by atoms with Gasteiger partial charge in [-0.3, -0.25) is 0 Å². The molecule has 4 aromatic heterocycles. The van der Waals surface area contributed by atoms with Gasteiger partial charge < -0.3 is 4.40 Å². The van der Waals surface area contributed by atoms with Gasteiger partial charge in [0.2, 0.25) is 0 Å². The molecule has 1 aromatic carbocycles. The number of hydrogen-bond acceptors (Lipinski definition) is 3. The van der Waals surface area contributed by atoms with Gasteiger partial charge in [0.25, 0.3) is 0 Å². The molecule has 0 atom stereocenters. The molecular weight excluding hydrogens is 272 g/mol. The van der Waals surface area contributed by atoms with E-state index in [2.05, 4.69) is 26.7 Å². The molecular formula is C14H8N4OS. The third kappa shape index (κ3) is 1.04. The number of aromatic nitrogens is 4. The van der Waals surface area contributed by atoms with Gasteiger partial charge in [-0.25, -0.2) is 14.3 Å². The van der Waals surface area contributed by atoms with E-state index in [4.69, 9.17) is 0 Å². The van der Waals surface area contributed by atoms with Gasteiger partial charge in [0, 0.05) is 16.3 Å². The van der Waals surface area contributed by atoms with E-state index in [9.17, 15) is 4.79 Å². The summed E-state index contributed by atoms with van der Waals surface area (Å²) in [4.78, 5) is 13.0. The number of nitrogens with one attached hydrogen (secondary N) is 1. The Labute approximate surface area is 115 Å². The van der Waals surface area contributed by atoms with Crippen molar-refractivity contribution in [2.75, 3.05) is 0 Å². The van der Waals surface area contributed by atoms with Crippen molar-refractivity contribution in [3.8, 4) is 0 Å². The van der Waals surface area contributed by atoms with Crippen molar-refractivity contribution in [2.24, 2.45) is 0 Å². The average molecular weight is 280 g/mol. The molecule has 0 aliphatic heterocycles. The van der Waals surface area contributed by atoms with Gasteiger partial charge in [-0.15, -0.1) is 11.3 Å². The number of fused-ring (bicyclic) bond motifs is 8. The molecule has 0 spiro atoms. The van der Waals surface area contributed by atoms with Crippen molar-refractivity contribution in [1.82, 2.24) is 19.0 Å². The molecule has 5 aromatic rings. The van der Waals surface area contributed by atoms with E-state index in [0.717, 1.165) is 25.9 Å². The molecule has 0 aliphatic rings. The summed E-state index contributed by atoms with van der Waals surface area (Å²) in [5.74, 6) is 0. The molecule has 1 N–H and O–H groups in total. The first-order valence-corrected chi connectivity index (χ1v) is 7.04. The first-order chi connectivity index (χ1) is 9.84. The van der Waals surface area contributed by atoms with Gasteiger partial charge >= 0.3 is 5.69 Å². The topological polar surface area (TPSA) is 54.6 Å². The lowest BCUT2D eigenvalue weighted by Crippen LogP contribution is -2.10. The Bertz CT molecular complexity index is 1170. The minimum atomic E-state index is -0.194. The molecule has 0 saturated heterocycles. The molecule has 20 heavy (non-hydrogen) atoms. The predicted molar refractivity (Wildman–Crippen MR) is 79.7 cm³/mol. The lowest BCUT2D eigenvalue weighted by atomic mass is 10.2. The number of benzene rings is 1. The van der Waals surface area contributed by atoms with Crippen LogP contribution in [0.4, 0.5) is 0 Å². The first kappa shape index (κ1) is 10.2. The van der Waals surface area contributed by atoms with E-state index in [1.807, 2.05) is 30.5 Å². The van der Waals surface area contributed by atoms with Crippen LogP contribution in [0.3, 0.4) is 0 Å². The molecule has 0 bridgehead atoms. The van der Waals surface area contributed by atoms with Crippen LogP contribution in [-0.4, -0.2) is 19.0 Å². The van der Waals surface area contributed by atoms with Crippen molar-refractivity contribution in [2.45, 2.75) is 0 Å². The van der Waals surface area contributed by atoms with Gasteiger partial charge in [0.15, 0.2) is 5.65 Å². The van der Waals surface area contributed by atoms with E-state index < -0.39 is 0 Å². The summed E-state index contributed by atoms with van der Waals surface area (Å²) in [6, 6.07) is 12.1. The normalized spacial score (nSPS) is 12.2. The lowest BCUT2D eigenvalue weighted by molar-refractivity contribution is 1.04. The van der Waals surface area contributed by atoms with Crippen LogP contribution in [0.25, 0.3) is 31.6 Å². The summed E-state index contributed by atoms with van der Waals surface area (Å²) < 4.78 is 4.93. The van der Waals surface area contributed by atoms with Crippen LogP contribution >= 0.6 is 11.3 Å². The third-order valence-corrected chi connectivity index (χ3v) is 4.79. The lowest BCUT2D eigenvalue weighted by Gasteiger charge is -2.01. The molecule has 5 rings (SSSR count). The Balaban J connectivity index is 2.31. The minimum absolute atomic E-state index is 0.194. The number of aromatic amines is 1. The zero-order valence-electron chi connectivity index (χ0n) is 10.2. The third-order valence-electron chi connectivity index (χ3n) is 3.65. The number of thiophene rings is 1. The molecule has 0 saturated carbocycles. The summed E-state index contributed by atoms with van der Waals surface area (Å²) >= 11 is 1.61. The van der Waals surface area contributed by atoms with E-state index in [1.54, 1.807) is 15.7 Å². The fraction of sp³-hybridized carbons (Fsp3) is 0. The Kier molecular flexibility index (Phi) is 1.68. The van der Waals surface area contributed by atoms with Crippen LogP contribution in [0.15, 0.2) is 47.4 Å². The molecule has 0 aliphatic carbocycles. The van der Waals surface area contributed by atoms with E-state index in [-0.39, 0.29) is 5.69 Å². The summed E-state index contributed by atoms with van der Waals surface area (Å²) in [5, 5.41) is 7.85. The molecule has 96 valence electrons. The molecule has 0 unspecified atom stereocenters. The molecule has 6 heteroatoms. The second-order valence-corrected chi connectivity index (χ2v) is 5.73. The first-order valence-electron chi connectivity index (χ1n) is 6.22. The zero-order valence-corrected chi connectivity index (χ0v) is 11.0. The van der Waals surface area contributed by atoms with Crippen LogP contribution < -0.4 is 5.69 Å². The van der Waals surface area contributed by atoms with Gasteiger partial charge in [-0.05, 0) is 18.2 Å². The highest BCUT2D eigenvalue weighted by Gasteiger charge is 2.16. The monoisotopic (exact) mass is 280 g/mol. The van der Waals surface area contributed by atoms with Crippen molar-refractivity contribution in [3.05, 3.63) is 53.1 Å². The second kappa shape index (κ2) is 3.29. The molecule has 0 radical (unpaired) electrons. The maximum Gasteiger partial charge on any atom is 0.348 e. The summed E-state index contributed by atoms with van der Waals surface area (Å²) in [6.07, 6.45) is 2.01. The number of hydrogen-bond donors (Lipinski definition) is 1. The van der Waals surface area contributed by atoms with Gasteiger partial charge in [-0.2, -0.15) is 5.10 Å². The Morgan fingerprint density at radius 3 is 3.00 bits per heavy atom. The van der Waals surface area contributed by atoms with Crippen molar-refractivity contribution >= 4 is 42.9 Å². The fourth-order valence-electron chi connectivity index (χ4n) is 2.82. The van der Waals surface area contributed by atoms with Crippen molar-refractivity contribution < 1.29 is 0 Å². The Hall–Kier alpha value is -2.60. The van der Waals surface area contributed by atoms with Crippen LogP contribution in [0.5, 0.6) is 0 Å². The SMILES string of the molecule is O=c1[nH]nc2c3cccn3c3c4ccccc4sc3n12. The van der Waals surface area contributed by atoms with Crippen LogP contribution in [0, 0.1) is 0 Å².